The Kier molecular flexibility index (Phi) is 3.98. The standard InChI is InChI=1S/C15H20N4S/c1-2-20-14-5-3-4-13(12(14)10-16)19-9-8-18-7-6-17-15(18)11-19/h3-7H,2,8-11,16H2,1H3. The molecular weight excluding hydrogens is 268 g/mol. The number of benzene rings is 1. The summed E-state index contributed by atoms with van der Waals surface area (Å²) in [5.41, 5.74) is 8.53. The smallest absolute Gasteiger partial charge is 0.128 e. The molecule has 0 saturated heterocycles. The Balaban J connectivity index is 1.92. The van der Waals surface area contributed by atoms with Crippen LogP contribution in [0, 0.1) is 0 Å². The number of nitrogens with two attached hydrogens (primary N) is 1. The highest BCUT2D eigenvalue weighted by Gasteiger charge is 2.19. The Morgan fingerprint density at radius 1 is 1.35 bits per heavy atom. The van der Waals surface area contributed by atoms with E-state index in [9.17, 15) is 0 Å². The molecular formula is C15H20N4S. The fraction of sp³-hybridized carbons (Fsp3) is 0.400. The van der Waals surface area contributed by atoms with E-state index in [2.05, 4.69) is 45.8 Å². The third-order valence-electron chi connectivity index (χ3n) is 3.70. The third kappa shape index (κ3) is 2.43. The number of thioether (sulfide) groups is 1. The second kappa shape index (κ2) is 5.89. The van der Waals surface area contributed by atoms with Crippen molar-refractivity contribution in [1.29, 1.82) is 0 Å². The first-order valence-corrected chi connectivity index (χ1v) is 8.01. The molecule has 0 unspecified atom stereocenters. The maximum absolute atomic E-state index is 6.00. The van der Waals surface area contributed by atoms with Crippen LogP contribution in [0.3, 0.4) is 0 Å². The van der Waals surface area contributed by atoms with E-state index in [1.165, 1.54) is 16.1 Å². The van der Waals surface area contributed by atoms with Crippen molar-refractivity contribution in [3.8, 4) is 0 Å². The molecule has 20 heavy (non-hydrogen) atoms. The van der Waals surface area contributed by atoms with E-state index in [0.717, 1.165) is 31.2 Å². The summed E-state index contributed by atoms with van der Waals surface area (Å²) in [5.74, 6) is 2.20. The highest BCUT2D eigenvalue weighted by atomic mass is 32.2. The molecule has 4 nitrogen and oxygen atoms in total. The Morgan fingerprint density at radius 2 is 2.25 bits per heavy atom. The molecule has 0 atom stereocenters. The monoisotopic (exact) mass is 288 g/mol. The molecule has 2 heterocycles. The first-order valence-electron chi connectivity index (χ1n) is 7.03. The predicted molar refractivity (Wildman–Crippen MR) is 84.0 cm³/mol. The van der Waals surface area contributed by atoms with Crippen LogP contribution in [0.15, 0.2) is 35.5 Å². The van der Waals surface area contributed by atoms with Gasteiger partial charge in [0.1, 0.15) is 5.82 Å². The topological polar surface area (TPSA) is 47.1 Å². The van der Waals surface area contributed by atoms with Gasteiger partial charge in [-0.15, -0.1) is 11.8 Å². The molecule has 1 aliphatic rings. The molecule has 0 amide bonds. The number of hydrogen-bond acceptors (Lipinski definition) is 4. The van der Waals surface area contributed by atoms with E-state index in [0.29, 0.717) is 6.54 Å². The Morgan fingerprint density at radius 3 is 3.05 bits per heavy atom. The van der Waals surface area contributed by atoms with Crippen molar-refractivity contribution < 1.29 is 0 Å². The van der Waals surface area contributed by atoms with Gasteiger partial charge in [-0.3, -0.25) is 0 Å². The highest BCUT2D eigenvalue weighted by molar-refractivity contribution is 7.99. The van der Waals surface area contributed by atoms with Gasteiger partial charge in [0.2, 0.25) is 0 Å². The number of anilines is 1. The van der Waals surface area contributed by atoms with Crippen LogP contribution in [0.2, 0.25) is 0 Å². The fourth-order valence-electron chi connectivity index (χ4n) is 2.73. The summed E-state index contributed by atoms with van der Waals surface area (Å²) in [7, 11) is 0. The minimum atomic E-state index is 0.587. The van der Waals surface area contributed by atoms with Crippen molar-refractivity contribution in [2.24, 2.45) is 5.73 Å². The quantitative estimate of drug-likeness (QED) is 0.878. The van der Waals surface area contributed by atoms with Gasteiger partial charge in [-0.1, -0.05) is 13.0 Å². The summed E-state index contributed by atoms with van der Waals surface area (Å²) in [6.07, 6.45) is 3.94. The van der Waals surface area contributed by atoms with Crippen LogP contribution in [0.25, 0.3) is 0 Å². The second-order valence-electron chi connectivity index (χ2n) is 4.85. The molecule has 2 N–H and O–H groups in total. The second-order valence-corrected chi connectivity index (χ2v) is 6.16. The van der Waals surface area contributed by atoms with Crippen LogP contribution >= 0.6 is 11.8 Å². The van der Waals surface area contributed by atoms with Crippen LogP contribution in [0.4, 0.5) is 5.69 Å². The normalized spacial score (nSPS) is 14.4. The molecule has 0 radical (unpaired) electrons. The van der Waals surface area contributed by atoms with E-state index in [1.807, 2.05) is 18.0 Å². The molecule has 0 bridgehead atoms. The van der Waals surface area contributed by atoms with E-state index in [4.69, 9.17) is 5.73 Å². The molecule has 5 heteroatoms. The van der Waals surface area contributed by atoms with Gasteiger partial charge in [0.05, 0.1) is 6.54 Å². The summed E-state index contributed by atoms with van der Waals surface area (Å²) < 4.78 is 2.23. The summed E-state index contributed by atoms with van der Waals surface area (Å²) in [6.45, 7) is 5.63. The van der Waals surface area contributed by atoms with Crippen LogP contribution < -0.4 is 10.6 Å². The largest absolute Gasteiger partial charge is 0.362 e. The maximum atomic E-state index is 6.00. The molecule has 1 aromatic carbocycles. The zero-order valence-electron chi connectivity index (χ0n) is 11.7. The minimum absolute atomic E-state index is 0.587. The van der Waals surface area contributed by atoms with Crippen LogP contribution in [0.5, 0.6) is 0 Å². The lowest BCUT2D eigenvalue weighted by molar-refractivity contribution is 0.558. The van der Waals surface area contributed by atoms with E-state index < -0.39 is 0 Å². The first-order chi connectivity index (χ1) is 9.83. The molecule has 0 fully saturated rings. The molecule has 1 aromatic heterocycles. The zero-order valence-corrected chi connectivity index (χ0v) is 12.6. The lowest BCUT2D eigenvalue weighted by Gasteiger charge is -2.31. The molecule has 106 valence electrons. The predicted octanol–water partition coefficient (Wildman–Crippen LogP) is 2.47. The molecule has 0 aliphatic carbocycles. The summed E-state index contributed by atoms with van der Waals surface area (Å²) in [5, 5.41) is 0. The van der Waals surface area contributed by atoms with E-state index in [1.54, 1.807) is 0 Å². The van der Waals surface area contributed by atoms with Crippen LogP contribution in [0.1, 0.15) is 18.3 Å². The minimum Gasteiger partial charge on any atom is -0.362 e. The lowest BCUT2D eigenvalue weighted by atomic mass is 10.1. The van der Waals surface area contributed by atoms with Crippen LogP contribution in [-0.4, -0.2) is 21.8 Å². The van der Waals surface area contributed by atoms with Crippen molar-refractivity contribution in [3.63, 3.8) is 0 Å². The Hall–Kier alpha value is -1.46. The van der Waals surface area contributed by atoms with Gasteiger partial charge in [0.25, 0.3) is 0 Å². The number of imidazole rings is 1. The van der Waals surface area contributed by atoms with E-state index in [-0.39, 0.29) is 0 Å². The summed E-state index contributed by atoms with van der Waals surface area (Å²) in [4.78, 5) is 8.13. The fourth-order valence-corrected chi connectivity index (χ4v) is 3.57. The number of fused-ring (bicyclic) bond motifs is 1. The van der Waals surface area contributed by atoms with E-state index >= 15 is 0 Å². The van der Waals surface area contributed by atoms with Gasteiger partial charge in [-0.2, -0.15) is 0 Å². The first kappa shape index (κ1) is 13.5. The molecule has 3 rings (SSSR count). The van der Waals surface area contributed by atoms with Crippen molar-refractivity contribution in [3.05, 3.63) is 42.0 Å². The van der Waals surface area contributed by atoms with Gasteiger partial charge >= 0.3 is 0 Å². The molecule has 2 aromatic rings. The number of hydrogen-bond donors (Lipinski definition) is 1. The molecule has 0 spiro atoms. The molecule has 0 saturated carbocycles. The van der Waals surface area contributed by atoms with Gasteiger partial charge in [-0.25, -0.2) is 4.98 Å². The Bertz CT molecular complexity index is 593. The average Bonchev–Trinajstić information content (AvgIpc) is 2.94. The van der Waals surface area contributed by atoms with Crippen molar-refractivity contribution in [2.45, 2.75) is 31.5 Å². The summed E-state index contributed by atoms with van der Waals surface area (Å²) in [6, 6.07) is 6.48. The van der Waals surface area contributed by atoms with Crippen LogP contribution in [-0.2, 0) is 19.6 Å². The number of rotatable bonds is 4. The van der Waals surface area contributed by atoms with Crippen molar-refractivity contribution in [2.75, 3.05) is 17.2 Å². The number of nitrogens with zero attached hydrogens (tertiary/aromatic N) is 3. The number of aromatic nitrogens is 2. The Labute approximate surface area is 124 Å². The van der Waals surface area contributed by atoms with Crippen molar-refractivity contribution >= 4 is 17.4 Å². The maximum Gasteiger partial charge on any atom is 0.128 e. The van der Waals surface area contributed by atoms with Crippen molar-refractivity contribution in [1.82, 2.24) is 9.55 Å². The summed E-state index contributed by atoms with van der Waals surface area (Å²) >= 11 is 1.86. The van der Waals surface area contributed by atoms with Gasteiger partial charge in [-0.05, 0) is 17.9 Å². The third-order valence-corrected chi connectivity index (χ3v) is 4.68. The molecule has 1 aliphatic heterocycles. The lowest BCUT2D eigenvalue weighted by Crippen LogP contribution is -2.34. The van der Waals surface area contributed by atoms with Gasteiger partial charge < -0.3 is 15.2 Å². The highest BCUT2D eigenvalue weighted by Crippen LogP contribution is 2.32. The zero-order chi connectivity index (χ0) is 13.9. The SMILES string of the molecule is CCSc1cccc(N2CCn3ccnc3C2)c1CN. The average molecular weight is 288 g/mol. The van der Waals surface area contributed by atoms with Gasteiger partial charge in [0, 0.05) is 48.2 Å². The van der Waals surface area contributed by atoms with Gasteiger partial charge in [0.15, 0.2) is 0 Å².